The van der Waals surface area contributed by atoms with Crippen molar-refractivity contribution in [1.29, 1.82) is 0 Å². The van der Waals surface area contributed by atoms with Crippen molar-refractivity contribution in [2.75, 3.05) is 19.6 Å². The van der Waals surface area contributed by atoms with Gasteiger partial charge in [0.25, 0.3) is 5.91 Å². The van der Waals surface area contributed by atoms with Crippen molar-refractivity contribution >= 4 is 53.4 Å². The number of carbonyl (C=O) groups excluding carboxylic acids is 1. The first kappa shape index (κ1) is 22.4. The van der Waals surface area contributed by atoms with Crippen molar-refractivity contribution < 1.29 is 4.79 Å². The topological polar surface area (TPSA) is 45.2 Å². The standard InChI is InChI=1S/C17H23N3OS2.2ClH/c1-3-10-20(13-6-8-18-9-7-13)17(21)15-12(2)19-16(23-15)14-5-4-11-22-14;;/h4-5,11,13,18H,3,6-10H2,1-2H3;2*1H. The van der Waals surface area contributed by atoms with E-state index in [1.807, 2.05) is 18.4 Å². The van der Waals surface area contributed by atoms with Gasteiger partial charge >= 0.3 is 0 Å². The van der Waals surface area contributed by atoms with Gasteiger partial charge in [-0.05, 0) is 50.7 Å². The van der Waals surface area contributed by atoms with Crippen LogP contribution in [0.2, 0.25) is 0 Å². The smallest absolute Gasteiger partial charge is 0.266 e. The minimum Gasteiger partial charge on any atom is -0.335 e. The molecule has 0 unspecified atom stereocenters. The SMILES string of the molecule is CCCN(C(=O)c1sc(-c2cccs2)nc1C)C1CCNCC1.Cl.Cl. The van der Waals surface area contributed by atoms with Crippen LogP contribution in [-0.2, 0) is 0 Å². The minimum atomic E-state index is 0. The summed E-state index contributed by atoms with van der Waals surface area (Å²) in [5.74, 6) is 0.163. The van der Waals surface area contributed by atoms with Gasteiger partial charge in [-0.25, -0.2) is 4.98 Å². The highest BCUT2D eigenvalue weighted by molar-refractivity contribution is 7.22. The minimum absolute atomic E-state index is 0. The first-order valence-electron chi connectivity index (χ1n) is 8.23. The molecule has 0 aromatic carbocycles. The van der Waals surface area contributed by atoms with Gasteiger partial charge in [-0.3, -0.25) is 4.79 Å². The number of carbonyl (C=O) groups is 1. The van der Waals surface area contributed by atoms with Crippen molar-refractivity contribution in [3.63, 3.8) is 0 Å². The molecule has 1 aliphatic rings. The van der Waals surface area contributed by atoms with Gasteiger partial charge in [0.2, 0.25) is 0 Å². The van der Waals surface area contributed by atoms with Crippen LogP contribution in [0.15, 0.2) is 17.5 Å². The van der Waals surface area contributed by atoms with Crippen LogP contribution < -0.4 is 5.32 Å². The highest BCUT2D eigenvalue weighted by Crippen LogP contribution is 2.32. The summed E-state index contributed by atoms with van der Waals surface area (Å²) in [5, 5.41) is 6.39. The number of thiazole rings is 1. The Balaban J connectivity index is 0.00000156. The predicted molar refractivity (Wildman–Crippen MR) is 112 cm³/mol. The molecule has 3 rings (SSSR count). The monoisotopic (exact) mass is 421 g/mol. The number of nitrogens with zero attached hydrogens (tertiary/aromatic N) is 2. The Morgan fingerprint density at radius 3 is 2.68 bits per heavy atom. The second-order valence-electron chi connectivity index (χ2n) is 5.89. The number of hydrogen-bond donors (Lipinski definition) is 1. The van der Waals surface area contributed by atoms with E-state index in [0.717, 1.165) is 59.4 Å². The summed E-state index contributed by atoms with van der Waals surface area (Å²) in [5.41, 5.74) is 0.860. The quantitative estimate of drug-likeness (QED) is 0.764. The van der Waals surface area contributed by atoms with Crippen molar-refractivity contribution in [2.45, 2.75) is 39.2 Å². The molecule has 2 aromatic rings. The van der Waals surface area contributed by atoms with Gasteiger partial charge in [0.1, 0.15) is 9.88 Å². The summed E-state index contributed by atoms with van der Waals surface area (Å²) in [6.07, 6.45) is 3.08. The van der Waals surface area contributed by atoms with Gasteiger partial charge in [-0.2, -0.15) is 0 Å². The molecule has 0 atom stereocenters. The van der Waals surface area contributed by atoms with Crippen LogP contribution in [0.5, 0.6) is 0 Å². The maximum absolute atomic E-state index is 13.1. The lowest BCUT2D eigenvalue weighted by Gasteiger charge is -2.34. The van der Waals surface area contributed by atoms with Gasteiger partial charge in [0, 0.05) is 12.6 Å². The number of hydrogen-bond acceptors (Lipinski definition) is 5. The Bertz CT molecular complexity index is 655. The van der Waals surface area contributed by atoms with Crippen molar-refractivity contribution in [1.82, 2.24) is 15.2 Å². The third-order valence-corrected chi connectivity index (χ3v) is 6.38. The van der Waals surface area contributed by atoms with Crippen molar-refractivity contribution in [3.8, 4) is 9.88 Å². The van der Waals surface area contributed by atoms with E-state index in [9.17, 15) is 4.79 Å². The number of aromatic nitrogens is 1. The molecule has 0 spiro atoms. The molecule has 1 saturated heterocycles. The zero-order valence-electron chi connectivity index (χ0n) is 14.5. The van der Waals surface area contributed by atoms with E-state index >= 15 is 0 Å². The number of aryl methyl sites for hydroxylation is 1. The van der Waals surface area contributed by atoms with Gasteiger partial charge in [-0.15, -0.1) is 47.5 Å². The number of amides is 1. The summed E-state index contributed by atoms with van der Waals surface area (Å²) >= 11 is 3.21. The fourth-order valence-corrected chi connectivity index (χ4v) is 4.86. The number of rotatable bonds is 5. The van der Waals surface area contributed by atoms with Crippen molar-refractivity contribution in [3.05, 3.63) is 28.1 Å². The highest BCUT2D eigenvalue weighted by Gasteiger charge is 2.28. The van der Waals surface area contributed by atoms with Crippen LogP contribution in [-0.4, -0.2) is 41.5 Å². The molecule has 25 heavy (non-hydrogen) atoms. The summed E-state index contributed by atoms with van der Waals surface area (Å²) in [6.45, 7) is 6.92. The lowest BCUT2D eigenvalue weighted by Crippen LogP contribution is -2.46. The molecule has 8 heteroatoms. The van der Waals surface area contributed by atoms with E-state index in [1.165, 1.54) is 11.3 Å². The first-order chi connectivity index (χ1) is 11.2. The number of thiophene rings is 1. The largest absolute Gasteiger partial charge is 0.335 e. The molecular weight excluding hydrogens is 397 g/mol. The molecule has 0 radical (unpaired) electrons. The molecule has 1 aliphatic heterocycles. The van der Waals surface area contributed by atoms with E-state index in [0.29, 0.717) is 6.04 Å². The first-order valence-corrected chi connectivity index (χ1v) is 9.93. The van der Waals surface area contributed by atoms with E-state index < -0.39 is 0 Å². The summed E-state index contributed by atoms with van der Waals surface area (Å²) < 4.78 is 0. The number of nitrogens with one attached hydrogen (secondary N) is 1. The van der Waals surface area contributed by atoms with E-state index in [1.54, 1.807) is 11.3 Å². The Labute approximate surface area is 169 Å². The number of halogens is 2. The maximum Gasteiger partial charge on any atom is 0.266 e. The molecular formula is C17H25Cl2N3OS2. The van der Waals surface area contributed by atoms with Gasteiger partial charge in [0.15, 0.2) is 0 Å². The van der Waals surface area contributed by atoms with Crippen LogP contribution in [0.3, 0.4) is 0 Å². The zero-order valence-corrected chi connectivity index (χ0v) is 17.8. The van der Waals surface area contributed by atoms with Gasteiger partial charge in [0.05, 0.1) is 10.6 Å². The summed E-state index contributed by atoms with van der Waals surface area (Å²) in [7, 11) is 0. The molecule has 1 amide bonds. The fraction of sp³-hybridized carbons (Fsp3) is 0.529. The lowest BCUT2D eigenvalue weighted by atomic mass is 10.0. The molecule has 140 valence electrons. The Kier molecular flexibility index (Phi) is 9.38. The zero-order chi connectivity index (χ0) is 16.2. The van der Waals surface area contributed by atoms with Crippen LogP contribution in [0, 0.1) is 6.92 Å². The summed E-state index contributed by atoms with van der Waals surface area (Å²) in [4.78, 5) is 21.8. The van der Waals surface area contributed by atoms with Crippen LogP contribution in [0.4, 0.5) is 0 Å². The average Bonchev–Trinajstić information content (AvgIpc) is 3.22. The molecule has 0 bridgehead atoms. The molecule has 0 aliphatic carbocycles. The lowest BCUT2D eigenvalue weighted by molar-refractivity contribution is 0.0646. The normalized spacial score (nSPS) is 14.5. The third kappa shape index (κ3) is 5.17. The van der Waals surface area contributed by atoms with E-state index in [-0.39, 0.29) is 30.7 Å². The van der Waals surface area contributed by atoms with Gasteiger partial charge in [-0.1, -0.05) is 13.0 Å². The Hall–Kier alpha value is -0.660. The molecule has 3 heterocycles. The van der Waals surface area contributed by atoms with E-state index in [2.05, 4.69) is 28.2 Å². The maximum atomic E-state index is 13.1. The van der Waals surface area contributed by atoms with Crippen LogP contribution in [0.25, 0.3) is 9.88 Å². The van der Waals surface area contributed by atoms with Crippen molar-refractivity contribution in [2.24, 2.45) is 0 Å². The third-order valence-electron chi connectivity index (χ3n) is 4.20. The highest BCUT2D eigenvalue weighted by atomic mass is 35.5. The van der Waals surface area contributed by atoms with Crippen LogP contribution >= 0.6 is 47.5 Å². The predicted octanol–water partition coefficient (Wildman–Crippen LogP) is 4.63. The molecule has 1 N–H and O–H groups in total. The average molecular weight is 422 g/mol. The summed E-state index contributed by atoms with van der Waals surface area (Å²) in [6, 6.07) is 4.44. The molecule has 1 fully saturated rings. The van der Waals surface area contributed by atoms with Crippen LogP contribution in [0.1, 0.15) is 41.6 Å². The van der Waals surface area contributed by atoms with Gasteiger partial charge < -0.3 is 10.2 Å². The molecule has 4 nitrogen and oxygen atoms in total. The second-order valence-corrected chi connectivity index (χ2v) is 7.84. The van der Waals surface area contributed by atoms with E-state index in [4.69, 9.17) is 0 Å². The fourth-order valence-electron chi connectivity index (χ4n) is 3.04. The number of piperidine rings is 1. The Morgan fingerprint density at radius 1 is 1.36 bits per heavy atom. The second kappa shape index (κ2) is 10.5. The molecule has 2 aromatic heterocycles. The molecule has 0 saturated carbocycles. The Morgan fingerprint density at radius 2 is 2.08 bits per heavy atom.